The normalized spacial score (nSPS) is 14.0. The zero-order chi connectivity index (χ0) is 17.9. The summed E-state index contributed by atoms with van der Waals surface area (Å²) >= 11 is 6.03. The molecule has 0 unspecified atom stereocenters. The first kappa shape index (κ1) is 16.7. The maximum atomic E-state index is 12.7. The second-order valence-electron chi connectivity index (χ2n) is 6.47. The number of benzene rings is 1. The number of pyridine rings is 2. The topological polar surface area (TPSA) is 46.1 Å². The van der Waals surface area contributed by atoms with Crippen LogP contribution in [0.2, 0.25) is 5.02 Å². The quantitative estimate of drug-likeness (QED) is 0.627. The number of aromatic nitrogens is 2. The lowest BCUT2D eigenvalue weighted by Crippen LogP contribution is -2.31. The minimum atomic E-state index is 0.00402. The van der Waals surface area contributed by atoms with Crippen molar-refractivity contribution >= 4 is 34.5 Å². The maximum Gasteiger partial charge on any atom is 0.247 e. The van der Waals surface area contributed by atoms with Gasteiger partial charge in [-0.1, -0.05) is 29.8 Å². The van der Waals surface area contributed by atoms with E-state index in [4.69, 9.17) is 11.6 Å². The molecule has 0 saturated heterocycles. The van der Waals surface area contributed by atoms with Gasteiger partial charge in [-0.25, -0.2) is 4.98 Å². The number of fused-ring (bicyclic) bond motifs is 1. The SMILES string of the molecule is O=C(/C=C/c1ccc2ccc(Cl)cc2n1)N(Cc1cccnc1)C1CC1. The van der Waals surface area contributed by atoms with Crippen LogP contribution in [-0.4, -0.2) is 26.8 Å². The van der Waals surface area contributed by atoms with Gasteiger partial charge in [-0.05, 0) is 48.7 Å². The van der Waals surface area contributed by atoms with E-state index < -0.39 is 0 Å². The molecule has 2 heterocycles. The first-order chi connectivity index (χ1) is 12.7. The molecule has 3 aromatic rings. The van der Waals surface area contributed by atoms with Gasteiger partial charge in [-0.2, -0.15) is 0 Å². The minimum Gasteiger partial charge on any atom is -0.332 e. The summed E-state index contributed by atoms with van der Waals surface area (Å²) in [6.07, 6.45) is 9.04. The van der Waals surface area contributed by atoms with Crippen LogP contribution in [0.5, 0.6) is 0 Å². The van der Waals surface area contributed by atoms with Crippen molar-refractivity contribution in [2.45, 2.75) is 25.4 Å². The van der Waals surface area contributed by atoms with E-state index in [-0.39, 0.29) is 5.91 Å². The summed E-state index contributed by atoms with van der Waals surface area (Å²) in [5, 5.41) is 1.67. The number of hydrogen-bond donors (Lipinski definition) is 0. The van der Waals surface area contributed by atoms with E-state index in [1.165, 1.54) is 0 Å². The molecule has 1 aliphatic carbocycles. The first-order valence-electron chi connectivity index (χ1n) is 8.63. The molecule has 1 aromatic carbocycles. The van der Waals surface area contributed by atoms with E-state index in [9.17, 15) is 4.79 Å². The van der Waals surface area contributed by atoms with Crippen molar-refractivity contribution in [3.63, 3.8) is 0 Å². The van der Waals surface area contributed by atoms with E-state index in [2.05, 4.69) is 9.97 Å². The molecular weight excluding hydrogens is 346 g/mol. The molecule has 0 aliphatic heterocycles. The summed E-state index contributed by atoms with van der Waals surface area (Å²) < 4.78 is 0. The van der Waals surface area contributed by atoms with Crippen LogP contribution >= 0.6 is 11.6 Å². The smallest absolute Gasteiger partial charge is 0.247 e. The lowest BCUT2D eigenvalue weighted by molar-refractivity contribution is -0.127. The molecule has 0 radical (unpaired) electrons. The molecule has 1 saturated carbocycles. The zero-order valence-electron chi connectivity index (χ0n) is 14.2. The Balaban J connectivity index is 1.52. The van der Waals surface area contributed by atoms with Gasteiger partial charge >= 0.3 is 0 Å². The molecule has 2 aromatic heterocycles. The molecule has 4 nitrogen and oxygen atoms in total. The third-order valence-electron chi connectivity index (χ3n) is 4.42. The highest BCUT2D eigenvalue weighted by molar-refractivity contribution is 6.31. The minimum absolute atomic E-state index is 0.00402. The summed E-state index contributed by atoms with van der Waals surface area (Å²) in [5.41, 5.74) is 2.60. The number of rotatable bonds is 5. The summed E-state index contributed by atoms with van der Waals surface area (Å²) in [4.78, 5) is 23.3. The van der Waals surface area contributed by atoms with Crippen molar-refractivity contribution < 1.29 is 4.79 Å². The number of hydrogen-bond acceptors (Lipinski definition) is 3. The molecule has 0 N–H and O–H groups in total. The van der Waals surface area contributed by atoms with Gasteiger partial charge in [0.05, 0.1) is 11.2 Å². The highest BCUT2D eigenvalue weighted by atomic mass is 35.5. The predicted molar refractivity (Wildman–Crippen MR) is 104 cm³/mol. The highest BCUT2D eigenvalue weighted by Crippen LogP contribution is 2.28. The standard InChI is InChI=1S/C21H18ClN3O/c22-17-5-3-16-4-6-18(24-20(16)12-17)7-10-21(26)25(19-8-9-19)14-15-2-1-11-23-13-15/h1-7,10-13,19H,8-9,14H2/b10-7+. The summed E-state index contributed by atoms with van der Waals surface area (Å²) in [7, 11) is 0. The van der Waals surface area contributed by atoms with E-state index in [1.54, 1.807) is 24.5 Å². The fraction of sp³-hybridized carbons (Fsp3) is 0.190. The number of carbonyl (C=O) groups is 1. The third-order valence-corrected chi connectivity index (χ3v) is 4.65. The van der Waals surface area contributed by atoms with Crippen molar-refractivity contribution in [2.75, 3.05) is 0 Å². The van der Waals surface area contributed by atoms with Gasteiger partial charge in [0.2, 0.25) is 5.91 Å². The lowest BCUT2D eigenvalue weighted by Gasteiger charge is -2.20. The van der Waals surface area contributed by atoms with Gasteiger partial charge in [-0.3, -0.25) is 9.78 Å². The Labute approximate surface area is 157 Å². The van der Waals surface area contributed by atoms with Crippen LogP contribution in [0.3, 0.4) is 0 Å². The third kappa shape index (κ3) is 3.92. The Hall–Kier alpha value is -2.72. The van der Waals surface area contributed by atoms with Gasteiger partial charge in [-0.15, -0.1) is 0 Å². The van der Waals surface area contributed by atoms with Gasteiger partial charge < -0.3 is 4.90 Å². The van der Waals surface area contributed by atoms with E-state index in [0.717, 1.165) is 35.0 Å². The molecule has 26 heavy (non-hydrogen) atoms. The molecule has 1 amide bonds. The summed E-state index contributed by atoms with van der Waals surface area (Å²) in [6.45, 7) is 0.586. The van der Waals surface area contributed by atoms with E-state index >= 15 is 0 Å². The molecule has 4 rings (SSSR count). The first-order valence-corrected chi connectivity index (χ1v) is 9.01. The molecule has 1 aliphatic rings. The fourth-order valence-electron chi connectivity index (χ4n) is 2.91. The predicted octanol–water partition coefficient (Wildman–Crippen LogP) is 4.49. The van der Waals surface area contributed by atoms with Crippen LogP contribution in [0.25, 0.3) is 17.0 Å². The van der Waals surface area contributed by atoms with Crippen LogP contribution in [0.15, 0.2) is 60.9 Å². The molecular formula is C21H18ClN3O. The largest absolute Gasteiger partial charge is 0.332 e. The van der Waals surface area contributed by atoms with E-state index in [0.29, 0.717) is 17.6 Å². The Morgan fingerprint density at radius 1 is 1.23 bits per heavy atom. The molecule has 0 bridgehead atoms. The molecule has 5 heteroatoms. The molecule has 130 valence electrons. The van der Waals surface area contributed by atoms with Crippen molar-refractivity contribution in [1.82, 2.24) is 14.9 Å². The second kappa shape index (κ2) is 7.26. The van der Waals surface area contributed by atoms with Gasteiger partial charge in [0.1, 0.15) is 0 Å². The van der Waals surface area contributed by atoms with Crippen LogP contribution in [0.4, 0.5) is 0 Å². The van der Waals surface area contributed by atoms with Gasteiger partial charge in [0.25, 0.3) is 0 Å². The summed E-state index contributed by atoms with van der Waals surface area (Å²) in [6, 6.07) is 13.7. The van der Waals surface area contributed by atoms with Gasteiger partial charge in [0.15, 0.2) is 0 Å². The van der Waals surface area contributed by atoms with Crippen molar-refractivity contribution in [3.05, 3.63) is 77.2 Å². The number of amides is 1. The van der Waals surface area contributed by atoms with Crippen LogP contribution in [0, 0.1) is 0 Å². The van der Waals surface area contributed by atoms with Crippen molar-refractivity contribution in [2.24, 2.45) is 0 Å². The van der Waals surface area contributed by atoms with Crippen molar-refractivity contribution in [3.8, 4) is 0 Å². The Morgan fingerprint density at radius 3 is 2.85 bits per heavy atom. The average Bonchev–Trinajstić information content (AvgIpc) is 3.49. The zero-order valence-corrected chi connectivity index (χ0v) is 14.9. The molecule has 0 spiro atoms. The fourth-order valence-corrected chi connectivity index (χ4v) is 3.08. The summed E-state index contributed by atoms with van der Waals surface area (Å²) in [5.74, 6) is 0.00402. The number of halogens is 1. The van der Waals surface area contributed by atoms with Gasteiger partial charge in [0, 0.05) is 41.5 Å². The van der Waals surface area contributed by atoms with Crippen LogP contribution in [-0.2, 0) is 11.3 Å². The van der Waals surface area contributed by atoms with Crippen molar-refractivity contribution in [1.29, 1.82) is 0 Å². The number of carbonyl (C=O) groups excluding carboxylic acids is 1. The second-order valence-corrected chi connectivity index (χ2v) is 6.90. The Bertz CT molecular complexity index is 967. The van der Waals surface area contributed by atoms with E-state index in [1.807, 2.05) is 47.4 Å². The maximum absolute atomic E-state index is 12.7. The Morgan fingerprint density at radius 2 is 2.08 bits per heavy atom. The average molecular weight is 364 g/mol. The lowest BCUT2D eigenvalue weighted by atomic mass is 10.2. The number of nitrogens with zero attached hydrogens (tertiary/aromatic N) is 3. The molecule has 0 atom stereocenters. The Kier molecular flexibility index (Phi) is 4.67. The molecule has 1 fully saturated rings. The van der Waals surface area contributed by atoms with Crippen LogP contribution in [0.1, 0.15) is 24.1 Å². The highest BCUT2D eigenvalue weighted by Gasteiger charge is 2.31. The van der Waals surface area contributed by atoms with Crippen LogP contribution < -0.4 is 0 Å². The monoisotopic (exact) mass is 363 g/mol.